The summed E-state index contributed by atoms with van der Waals surface area (Å²) in [6.45, 7) is 1.84. The second-order valence-electron chi connectivity index (χ2n) is 4.70. The Morgan fingerprint density at radius 2 is 2.12 bits per heavy atom. The molecule has 1 saturated heterocycles. The van der Waals surface area contributed by atoms with Gasteiger partial charge in [-0.2, -0.15) is 11.8 Å². The Balaban J connectivity index is 1.99. The number of hydrogen-bond donors (Lipinski definition) is 2. The van der Waals surface area contributed by atoms with Gasteiger partial charge >= 0.3 is 0 Å². The summed E-state index contributed by atoms with van der Waals surface area (Å²) in [6.07, 6.45) is 10.6. The maximum Gasteiger partial charge on any atom is 0.237 e. The molecule has 3 nitrogen and oxygen atoms in total. The molecule has 1 heterocycles. The molecule has 100 valence electrons. The molecule has 0 aromatic carbocycles. The Labute approximate surface area is 109 Å². The van der Waals surface area contributed by atoms with E-state index in [2.05, 4.69) is 16.9 Å². The average Bonchev–Trinajstić information content (AvgIpc) is 2.53. The SMILES string of the molecule is CSCCCCCCNC1CCCCNC1=O. The third kappa shape index (κ3) is 6.94. The molecule has 1 amide bonds. The molecule has 17 heavy (non-hydrogen) atoms. The van der Waals surface area contributed by atoms with Gasteiger partial charge < -0.3 is 10.6 Å². The van der Waals surface area contributed by atoms with Crippen molar-refractivity contribution in [3.63, 3.8) is 0 Å². The molecule has 0 bridgehead atoms. The van der Waals surface area contributed by atoms with E-state index in [1.165, 1.54) is 31.4 Å². The summed E-state index contributed by atoms with van der Waals surface area (Å²) in [7, 11) is 0. The van der Waals surface area contributed by atoms with Gasteiger partial charge in [-0.1, -0.05) is 12.8 Å². The van der Waals surface area contributed by atoms with Crippen LogP contribution in [0.1, 0.15) is 44.9 Å². The minimum absolute atomic E-state index is 0.0590. The molecule has 2 N–H and O–H groups in total. The van der Waals surface area contributed by atoms with E-state index in [1.807, 2.05) is 11.8 Å². The van der Waals surface area contributed by atoms with E-state index in [4.69, 9.17) is 0 Å². The third-order valence-corrected chi connectivity index (χ3v) is 3.90. The second kappa shape index (κ2) is 9.77. The van der Waals surface area contributed by atoms with E-state index in [0.717, 1.165) is 32.4 Å². The van der Waals surface area contributed by atoms with Crippen LogP contribution in [0.2, 0.25) is 0 Å². The highest BCUT2D eigenvalue weighted by molar-refractivity contribution is 7.98. The summed E-state index contributed by atoms with van der Waals surface area (Å²) < 4.78 is 0. The van der Waals surface area contributed by atoms with Gasteiger partial charge in [0.2, 0.25) is 5.91 Å². The van der Waals surface area contributed by atoms with Crippen molar-refractivity contribution in [2.75, 3.05) is 25.1 Å². The van der Waals surface area contributed by atoms with Crippen molar-refractivity contribution in [1.29, 1.82) is 0 Å². The standard InChI is InChI=1S/C13H26N2OS/c1-17-11-7-3-2-5-9-14-12-8-4-6-10-15-13(12)16/h12,14H,2-11H2,1H3,(H,15,16). The van der Waals surface area contributed by atoms with E-state index in [1.54, 1.807) is 0 Å². The zero-order chi connectivity index (χ0) is 12.3. The van der Waals surface area contributed by atoms with E-state index in [-0.39, 0.29) is 11.9 Å². The number of hydrogen-bond acceptors (Lipinski definition) is 3. The van der Waals surface area contributed by atoms with Crippen molar-refractivity contribution in [2.45, 2.75) is 51.0 Å². The molecule has 1 aliphatic rings. The van der Waals surface area contributed by atoms with Crippen LogP contribution < -0.4 is 10.6 Å². The Morgan fingerprint density at radius 1 is 1.29 bits per heavy atom. The fourth-order valence-electron chi connectivity index (χ4n) is 2.14. The van der Waals surface area contributed by atoms with Gasteiger partial charge in [-0.15, -0.1) is 0 Å². The van der Waals surface area contributed by atoms with Crippen molar-refractivity contribution < 1.29 is 4.79 Å². The van der Waals surface area contributed by atoms with E-state index < -0.39 is 0 Å². The van der Waals surface area contributed by atoms with Gasteiger partial charge in [0.05, 0.1) is 6.04 Å². The first-order chi connectivity index (χ1) is 8.34. The number of thioether (sulfide) groups is 1. The topological polar surface area (TPSA) is 41.1 Å². The summed E-state index contributed by atoms with van der Waals surface area (Å²) >= 11 is 1.92. The Bertz CT molecular complexity index is 212. The molecule has 1 unspecified atom stereocenters. The number of carbonyl (C=O) groups is 1. The second-order valence-corrected chi connectivity index (χ2v) is 5.69. The van der Waals surface area contributed by atoms with Gasteiger partial charge in [-0.05, 0) is 50.7 Å². The smallest absolute Gasteiger partial charge is 0.237 e. The molecule has 4 heteroatoms. The molecule has 0 spiro atoms. The van der Waals surface area contributed by atoms with Gasteiger partial charge in [-0.25, -0.2) is 0 Å². The lowest BCUT2D eigenvalue weighted by atomic mass is 10.1. The summed E-state index contributed by atoms with van der Waals surface area (Å²) in [5.74, 6) is 1.48. The van der Waals surface area contributed by atoms with E-state index >= 15 is 0 Å². The highest BCUT2D eigenvalue weighted by Gasteiger charge is 2.18. The van der Waals surface area contributed by atoms with Gasteiger partial charge in [0.1, 0.15) is 0 Å². The summed E-state index contributed by atoms with van der Waals surface area (Å²) in [4.78, 5) is 11.6. The van der Waals surface area contributed by atoms with Crippen LogP contribution in [0, 0.1) is 0 Å². The van der Waals surface area contributed by atoms with Gasteiger partial charge in [-0.3, -0.25) is 4.79 Å². The molecule has 0 aliphatic carbocycles. The lowest BCUT2D eigenvalue weighted by Crippen LogP contribution is -2.43. The summed E-state index contributed by atoms with van der Waals surface area (Å²) in [6, 6.07) is 0.0590. The number of nitrogens with one attached hydrogen (secondary N) is 2. The van der Waals surface area contributed by atoms with Crippen molar-refractivity contribution in [1.82, 2.24) is 10.6 Å². The largest absolute Gasteiger partial charge is 0.355 e. The van der Waals surface area contributed by atoms with Crippen LogP contribution in [0.4, 0.5) is 0 Å². The molecule has 0 aromatic rings. The molecule has 1 fully saturated rings. The molecular formula is C13H26N2OS. The first-order valence-electron chi connectivity index (χ1n) is 6.84. The van der Waals surface area contributed by atoms with Crippen molar-refractivity contribution in [2.24, 2.45) is 0 Å². The first kappa shape index (κ1) is 14.8. The van der Waals surface area contributed by atoms with Crippen molar-refractivity contribution in [3.8, 4) is 0 Å². The van der Waals surface area contributed by atoms with Crippen LogP contribution in [0.5, 0.6) is 0 Å². The quantitative estimate of drug-likeness (QED) is 0.656. The molecule has 0 saturated carbocycles. The number of amides is 1. The third-order valence-electron chi connectivity index (χ3n) is 3.20. The summed E-state index contributed by atoms with van der Waals surface area (Å²) in [5.41, 5.74) is 0. The zero-order valence-corrected chi connectivity index (χ0v) is 11.8. The van der Waals surface area contributed by atoms with Crippen LogP contribution >= 0.6 is 11.8 Å². The summed E-state index contributed by atoms with van der Waals surface area (Å²) in [5, 5.41) is 6.34. The molecule has 1 rings (SSSR count). The molecule has 1 atom stereocenters. The molecule has 1 aliphatic heterocycles. The van der Waals surface area contributed by atoms with Crippen LogP contribution in [0.3, 0.4) is 0 Å². The maximum atomic E-state index is 11.6. The Hall–Kier alpha value is -0.220. The first-order valence-corrected chi connectivity index (χ1v) is 8.24. The van der Waals surface area contributed by atoms with Gasteiger partial charge in [0.25, 0.3) is 0 Å². The van der Waals surface area contributed by atoms with E-state index in [0.29, 0.717) is 0 Å². The van der Waals surface area contributed by atoms with Crippen LogP contribution in [0.25, 0.3) is 0 Å². The highest BCUT2D eigenvalue weighted by atomic mass is 32.2. The van der Waals surface area contributed by atoms with Crippen LogP contribution in [0.15, 0.2) is 0 Å². The number of carbonyl (C=O) groups excluding carboxylic acids is 1. The predicted octanol–water partition coefficient (Wildman–Crippen LogP) is 2.17. The van der Waals surface area contributed by atoms with Crippen LogP contribution in [-0.4, -0.2) is 37.0 Å². The highest BCUT2D eigenvalue weighted by Crippen LogP contribution is 2.07. The number of rotatable bonds is 8. The lowest BCUT2D eigenvalue weighted by Gasteiger charge is -2.14. The predicted molar refractivity (Wildman–Crippen MR) is 75.5 cm³/mol. The molecule has 0 aromatic heterocycles. The molecular weight excluding hydrogens is 232 g/mol. The lowest BCUT2D eigenvalue weighted by molar-refractivity contribution is -0.122. The minimum atomic E-state index is 0.0590. The van der Waals surface area contributed by atoms with E-state index in [9.17, 15) is 4.79 Å². The van der Waals surface area contributed by atoms with Crippen molar-refractivity contribution in [3.05, 3.63) is 0 Å². The monoisotopic (exact) mass is 258 g/mol. The number of unbranched alkanes of at least 4 members (excludes halogenated alkanes) is 3. The maximum absolute atomic E-state index is 11.6. The normalized spacial score (nSPS) is 21.0. The van der Waals surface area contributed by atoms with Gasteiger partial charge in [0, 0.05) is 6.54 Å². The average molecular weight is 258 g/mol. The zero-order valence-electron chi connectivity index (χ0n) is 11.0. The Morgan fingerprint density at radius 3 is 2.94 bits per heavy atom. The fourth-order valence-corrected chi connectivity index (χ4v) is 2.63. The Kier molecular flexibility index (Phi) is 8.53. The van der Waals surface area contributed by atoms with Gasteiger partial charge in [0.15, 0.2) is 0 Å². The molecule has 0 radical (unpaired) electrons. The van der Waals surface area contributed by atoms with Crippen molar-refractivity contribution >= 4 is 17.7 Å². The minimum Gasteiger partial charge on any atom is -0.355 e. The van der Waals surface area contributed by atoms with Crippen LogP contribution in [-0.2, 0) is 4.79 Å². The fraction of sp³-hybridized carbons (Fsp3) is 0.923.